The monoisotopic (exact) mass is 256 g/mol. The Balaban J connectivity index is 2.12. The third-order valence-corrected chi connectivity index (χ3v) is 2.93. The summed E-state index contributed by atoms with van der Waals surface area (Å²) in [5, 5.41) is 11.4. The lowest BCUT2D eigenvalue weighted by atomic mass is 10.0. The zero-order chi connectivity index (χ0) is 13.7. The van der Waals surface area contributed by atoms with Crippen LogP contribution < -0.4 is 5.32 Å². The lowest BCUT2D eigenvalue weighted by Gasteiger charge is -2.14. The van der Waals surface area contributed by atoms with E-state index in [0.29, 0.717) is 0 Å². The number of amides is 1. The van der Waals surface area contributed by atoms with Gasteiger partial charge in [0.1, 0.15) is 6.61 Å². The summed E-state index contributed by atoms with van der Waals surface area (Å²) < 4.78 is 0. The lowest BCUT2D eigenvalue weighted by molar-refractivity contribution is -0.124. The molecule has 0 saturated heterocycles. The van der Waals surface area contributed by atoms with Crippen molar-refractivity contribution in [2.24, 2.45) is 0 Å². The molecule has 2 rings (SSSR count). The van der Waals surface area contributed by atoms with E-state index in [9.17, 15) is 4.79 Å². The molecule has 2 aromatic rings. The van der Waals surface area contributed by atoms with E-state index in [2.05, 4.69) is 10.3 Å². The van der Waals surface area contributed by atoms with Crippen LogP contribution in [0.1, 0.15) is 18.5 Å². The maximum absolute atomic E-state index is 11.1. The summed E-state index contributed by atoms with van der Waals surface area (Å²) in [6.45, 7) is 1.39. The molecule has 4 heteroatoms. The summed E-state index contributed by atoms with van der Waals surface area (Å²) >= 11 is 0. The first kappa shape index (κ1) is 13.2. The van der Waals surface area contributed by atoms with Crippen molar-refractivity contribution in [1.82, 2.24) is 10.3 Å². The number of rotatable bonds is 4. The van der Waals surface area contributed by atoms with E-state index in [1.807, 2.05) is 49.5 Å². The zero-order valence-electron chi connectivity index (χ0n) is 10.7. The van der Waals surface area contributed by atoms with Gasteiger partial charge < -0.3 is 10.4 Å². The topological polar surface area (TPSA) is 62.2 Å². The summed E-state index contributed by atoms with van der Waals surface area (Å²) in [6, 6.07) is 11.7. The number of carbonyl (C=O) groups is 1. The quantitative estimate of drug-likeness (QED) is 0.878. The van der Waals surface area contributed by atoms with Crippen LogP contribution in [-0.4, -0.2) is 22.6 Å². The number of carbonyl (C=O) groups excluding carboxylic acids is 1. The summed E-state index contributed by atoms with van der Waals surface area (Å²) in [7, 11) is 0. The minimum atomic E-state index is -0.488. The molecule has 19 heavy (non-hydrogen) atoms. The number of benzene rings is 1. The van der Waals surface area contributed by atoms with Crippen LogP contribution in [0.25, 0.3) is 11.1 Å². The Morgan fingerprint density at radius 3 is 2.58 bits per heavy atom. The molecule has 0 saturated carbocycles. The van der Waals surface area contributed by atoms with Crippen LogP contribution in [0.3, 0.4) is 0 Å². The molecule has 0 aliphatic heterocycles. The highest BCUT2D eigenvalue weighted by molar-refractivity contribution is 5.77. The third kappa shape index (κ3) is 3.39. The van der Waals surface area contributed by atoms with Crippen molar-refractivity contribution in [3.63, 3.8) is 0 Å². The second-order valence-electron chi connectivity index (χ2n) is 4.31. The molecule has 0 bridgehead atoms. The molecule has 2 N–H and O–H groups in total. The Hall–Kier alpha value is -2.20. The second-order valence-corrected chi connectivity index (χ2v) is 4.31. The maximum Gasteiger partial charge on any atom is 0.246 e. The minimum absolute atomic E-state index is 0.123. The molecule has 1 atom stereocenters. The van der Waals surface area contributed by atoms with Crippen LogP contribution in [0, 0.1) is 0 Å². The Morgan fingerprint density at radius 1 is 1.26 bits per heavy atom. The molecule has 1 aromatic heterocycles. The van der Waals surface area contributed by atoms with Gasteiger partial charge >= 0.3 is 0 Å². The first-order valence-electron chi connectivity index (χ1n) is 6.11. The summed E-state index contributed by atoms with van der Waals surface area (Å²) in [5.41, 5.74) is 3.13. The standard InChI is InChI=1S/C15H16N2O2/c1-11(17-15(19)10-18)12-4-6-13(7-5-12)14-3-2-8-16-9-14/h2-9,11,18H,10H2,1H3,(H,17,19). The van der Waals surface area contributed by atoms with Gasteiger partial charge in [0.15, 0.2) is 0 Å². The van der Waals surface area contributed by atoms with Gasteiger partial charge in [-0.1, -0.05) is 30.3 Å². The summed E-state index contributed by atoms with van der Waals surface area (Å²) in [4.78, 5) is 15.2. The van der Waals surface area contributed by atoms with Gasteiger partial charge in [-0.15, -0.1) is 0 Å². The molecule has 0 spiro atoms. The van der Waals surface area contributed by atoms with Gasteiger partial charge in [-0.3, -0.25) is 9.78 Å². The van der Waals surface area contributed by atoms with Gasteiger partial charge in [0.25, 0.3) is 0 Å². The van der Waals surface area contributed by atoms with Crippen molar-refractivity contribution >= 4 is 5.91 Å². The smallest absolute Gasteiger partial charge is 0.246 e. The van der Waals surface area contributed by atoms with Crippen molar-refractivity contribution in [2.75, 3.05) is 6.61 Å². The van der Waals surface area contributed by atoms with Gasteiger partial charge in [-0.25, -0.2) is 0 Å². The van der Waals surface area contributed by atoms with E-state index >= 15 is 0 Å². The van der Waals surface area contributed by atoms with Crippen molar-refractivity contribution in [3.05, 3.63) is 54.4 Å². The largest absolute Gasteiger partial charge is 0.387 e. The van der Waals surface area contributed by atoms with E-state index in [1.54, 1.807) is 6.20 Å². The molecule has 98 valence electrons. The number of aliphatic hydroxyl groups is 1. The number of nitrogens with one attached hydrogen (secondary N) is 1. The predicted molar refractivity (Wildman–Crippen MR) is 73.3 cm³/mol. The summed E-state index contributed by atoms with van der Waals surface area (Å²) in [6.07, 6.45) is 3.55. The highest BCUT2D eigenvalue weighted by atomic mass is 16.3. The van der Waals surface area contributed by atoms with Crippen LogP contribution in [0.15, 0.2) is 48.8 Å². The lowest BCUT2D eigenvalue weighted by Crippen LogP contribution is -2.28. The van der Waals surface area contributed by atoms with E-state index in [4.69, 9.17) is 5.11 Å². The fraction of sp³-hybridized carbons (Fsp3) is 0.200. The molecule has 4 nitrogen and oxygen atoms in total. The number of pyridine rings is 1. The van der Waals surface area contributed by atoms with Crippen LogP contribution >= 0.6 is 0 Å². The molecule has 0 aliphatic carbocycles. The van der Waals surface area contributed by atoms with Gasteiger partial charge in [-0.2, -0.15) is 0 Å². The van der Waals surface area contributed by atoms with Gasteiger partial charge in [-0.05, 0) is 29.7 Å². The summed E-state index contributed by atoms with van der Waals surface area (Å²) in [5.74, 6) is -0.371. The van der Waals surface area contributed by atoms with Crippen molar-refractivity contribution in [2.45, 2.75) is 13.0 Å². The van der Waals surface area contributed by atoms with Crippen molar-refractivity contribution in [3.8, 4) is 11.1 Å². The van der Waals surface area contributed by atoms with Crippen molar-refractivity contribution < 1.29 is 9.90 Å². The van der Waals surface area contributed by atoms with Gasteiger partial charge in [0, 0.05) is 12.4 Å². The van der Waals surface area contributed by atoms with Gasteiger partial charge in [0.05, 0.1) is 6.04 Å². The number of nitrogens with zero attached hydrogens (tertiary/aromatic N) is 1. The molecule has 0 radical (unpaired) electrons. The minimum Gasteiger partial charge on any atom is -0.387 e. The van der Waals surface area contributed by atoms with E-state index in [0.717, 1.165) is 16.7 Å². The van der Waals surface area contributed by atoms with Crippen LogP contribution in [-0.2, 0) is 4.79 Å². The first-order chi connectivity index (χ1) is 9.20. The Morgan fingerprint density at radius 2 is 2.00 bits per heavy atom. The molecule has 0 fully saturated rings. The normalized spacial score (nSPS) is 11.9. The molecular formula is C15H16N2O2. The fourth-order valence-corrected chi connectivity index (χ4v) is 1.87. The van der Waals surface area contributed by atoms with E-state index in [-0.39, 0.29) is 11.9 Å². The zero-order valence-corrected chi connectivity index (χ0v) is 10.7. The second kappa shape index (κ2) is 6.11. The SMILES string of the molecule is CC(NC(=O)CO)c1ccc(-c2cccnc2)cc1. The third-order valence-electron chi connectivity index (χ3n) is 2.93. The number of aliphatic hydroxyl groups excluding tert-OH is 1. The molecule has 1 amide bonds. The first-order valence-corrected chi connectivity index (χ1v) is 6.11. The van der Waals surface area contributed by atoms with Crippen LogP contribution in [0.4, 0.5) is 0 Å². The predicted octanol–water partition coefficient (Wildman–Crippen LogP) is 1.92. The Bertz CT molecular complexity index is 538. The molecule has 1 aromatic carbocycles. The van der Waals surface area contributed by atoms with E-state index in [1.165, 1.54) is 0 Å². The number of aromatic nitrogens is 1. The average molecular weight is 256 g/mol. The van der Waals surface area contributed by atoms with Crippen LogP contribution in [0.5, 0.6) is 0 Å². The van der Waals surface area contributed by atoms with Crippen molar-refractivity contribution in [1.29, 1.82) is 0 Å². The Labute approximate surface area is 112 Å². The number of hydrogen-bond donors (Lipinski definition) is 2. The molecule has 1 unspecified atom stereocenters. The van der Waals surface area contributed by atoms with Gasteiger partial charge in [0.2, 0.25) is 5.91 Å². The highest BCUT2D eigenvalue weighted by Crippen LogP contribution is 2.21. The maximum atomic E-state index is 11.1. The van der Waals surface area contributed by atoms with Crippen LogP contribution in [0.2, 0.25) is 0 Å². The average Bonchev–Trinajstić information content (AvgIpc) is 2.48. The Kier molecular flexibility index (Phi) is 4.26. The molecule has 0 aliphatic rings. The molecule has 1 heterocycles. The number of hydrogen-bond acceptors (Lipinski definition) is 3. The fourth-order valence-electron chi connectivity index (χ4n) is 1.87. The van der Waals surface area contributed by atoms with E-state index < -0.39 is 6.61 Å². The molecular weight excluding hydrogens is 240 g/mol. The highest BCUT2D eigenvalue weighted by Gasteiger charge is 2.08.